The lowest BCUT2D eigenvalue weighted by Gasteiger charge is -2.07. The van der Waals surface area contributed by atoms with Crippen LogP contribution in [0.25, 0.3) is 0 Å². The van der Waals surface area contributed by atoms with E-state index in [0.29, 0.717) is 18.2 Å². The molecular weight excluding hydrogens is 455 g/mol. The molecule has 0 saturated heterocycles. The predicted octanol–water partition coefficient (Wildman–Crippen LogP) is 4.39. The van der Waals surface area contributed by atoms with E-state index in [1.807, 2.05) is 55.5 Å². The van der Waals surface area contributed by atoms with Gasteiger partial charge in [-0.2, -0.15) is 0 Å². The molecular formula is C20H21IN4O2. The summed E-state index contributed by atoms with van der Waals surface area (Å²) < 4.78 is 5.08. The van der Waals surface area contributed by atoms with E-state index in [9.17, 15) is 4.79 Å². The molecule has 0 spiro atoms. The van der Waals surface area contributed by atoms with Gasteiger partial charge in [-0.25, -0.2) is 4.99 Å². The number of furan rings is 1. The van der Waals surface area contributed by atoms with E-state index in [4.69, 9.17) is 10.2 Å². The molecule has 0 bridgehead atoms. The van der Waals surface area contributed by atoms with Gasteiger partial charge in [-0.05, 0) is 48.9 Å². The van der Waals surface area contributed by atoms with Gasteiger partial charge in [-0.1, -0.05) is 29.8 Å². The molecule has 0 unspecified atom stereocenters. The Morgan fingerprint density at radius 2 is 1.81 bits per heavy atom. The Hall–Kier alpha value is -2.81. The van der Waals surface area contributed by atoms with Crippen molar-refractivity contribution in [3.05, 3.63) is 83.8 Å². The number of aryl methyl sites for hydroxylation is 1. The first-order valence-electron chi connectivity index (χ1n) is 8.17. The van der Waals surface area contributed by atoms with Crippen molar-refractivity contribution in [3.8, 4) is 0 Å². The van der Waals surface area contributed by atoms with Gasteiger partial charge in [-0.3, -0.25) is 4.79 Å². The first-order valence-corrected chi connectivity index (χ1v) is 8.17. The Balaban J connectivity index is 0.00000261. The summed E-state index contributed by atoms with van der Waals surface area (Å²) >= 11 is 0. The smallest absolute Gasteiger partial charge is 0.291 e. The summed E-state index contributed by atoms with van der Waals surface area (Å²) in [6.45, 7) is 2.42. The third-order valence-corrected chi connectivity index (χ3v) is 3.69. The van der Waals surface area contributed by atoms with Crippen LogP contribution < -0.4 is 16.4 Å². The Morgan fingerprint density at radius 3 is 2.52 bits per heavy atom. The topological polar surface area (TPSA) is 92.6 Å². The summed E-state index contributed by atoms with van der Waals surface area (Å²) in [6.07, 6.45) is 1.46. The summed E-state index contributed by atoms with van der Waals surface area (Å²) in [7, 11) is 0. The number of nitrogens with zero attached hydrogens (tertiary/aromatic N) is 1. The van der Waals surface area contributed by atoms with Crippen LogP contribution in [-0.4, -0.2) is 11.9 Å². The predicted molar refractivity (Wildman–Crippen MR) is 119 cm³/mol. The fourth-order valence-electron chi connectivity index (χ4n) is 2.35. The van der Waals surface area contributed by atoms with Gasteiger partial charge in [0.1, 0.15) is 0 Å². The second-order valence-electron chi connectivity index (χ2n) is 5.82. The molecule has 0 aliphatic heterocycles. The van der Waals surface area contributed by atoms with Crippen molar-refractivity contribution in [1.29, 1.82) is 0 Å². The SMILES string of the molecule is Cc1ccc(NC(N)=NCc2cccc(NC(=O)c3ccco3)c2)cc1.I. The van der Waals surface area contributed by atoms with E-state index >= 15 is 0 Å². The Bertz CT molecular complexity index is 906. The molecule has 0 saturated carbocycles. The van der Waals surface area contributed by atoms with E-state index in [1.165, 1.54) is 11.8 Å². The second kappa shape index (κ2) is 9.77. The highest BCUT2D eigenvalue weighted by Gasteiger charge is 2.08. The normalized spacial score (nSPS) is 10.8. The van der Waals surface area contributed by atoms with Gasteiger partial charge in [0.25, 0.3) is 5.91 Å². The zero-order valence-electron chi connectivity index (χ0n) is 14.8. The number of rotatable bonds is 5. The van der Waals surface area contributed by atoms with Gasteiger partial charge in [-0.15, -0.1) is 24.0 Å². The van der Waals surface area contributed by atoms with Crippen LogP contribution in [0.15, 0.2) is 76.3 Å². The van der Waals surface area contributed by atoms with Crippen LogP contribution in [0.1, 0.15) is 21.7 Å². The van der Waals surface area contributed by atoms with Crippen LogP contribution in [-0.2, 0) is 6.54 Å². The number of carbonyl (C=O) groups excluding carboxylic acids is 1. The highest BCUT2D eigenvalue weighted by atomic mass is 127. The summed E-state index contributed by atoms with van der Waals surface area (Å²) in [6, 6.07) is 18.6. The summed E-state index contributed by atoms with van der Waals surface area (Å²) in [5, 5.41) is 5.84. The number of hydrogen-bond donors (Lipinski definition) is 3. The molecule has 0 fully saturated rings. The van der Waals surface area contributed by atoms with Gasteiger partial charge >= 0.3 is 0 Å². The van der Waals surface area contributed by atoms with Gasteiger partial charge in [0.05, 0.1) is 12.8 Å². The van der Waals surface area contributed by atoms with E-state index in [0.717, 1.165) is 11.3 Å². The molecule has 1 heterocycles. The number of hydrogen-bond acceptors (Lipinski definition) is 3. The van der Waals surface area contributed by atoms with E-state index < -0.39 is 0 Å². The van der Waals surface area contributed by atoms with Crippen LogP contribution in [0.3, 0.4) is 0 Å². The van der Waals surface area contributed by atoms with Gasteiger partial charge in [0, 0.05) is 11.4 Å². The summed E-state index contributed by atoms with van der Waals surface area (Å²) in [5.74, 6) is 0.301. The lowest BCUT2D eigenvalue weighted by atomic mass is 10.2. The minimum absolute atomic E-state index is 0. The molecule has 1 aromatic heterocycles. The van der Waals surface area contributed by atoms with Crippen molar-refractivity contribution in [2.75, 3.05) is 10.6 Å². The number of carbonyl (C=O) groups is 1. The molecule has 3 rings (SSSR count). The average Bonchev–Trinajstić information content (AvgIpc) is 3.17. The zero-order valence-corrected chi connectivity index (χ0v) is 17.1. The Labute approximate surface area is 174 Å². The maximum absolute atomic E-state index is 12.0. The molecule has 2 aromatic carbocycles. The Kier molecular flexibility index (Phi) is 7.42. The third-order valence-electron chi connectivity index (χ3n) is 3.69. The number of nitrogens with two attached hydrogens (primary N) is 1. The fourth-order valence-corrected chi connectivity index (χ4v) is 2.35. The maximum atomic E-state index is 12.0. The number of amides is 1. The van der Waals surface area contributed by atoms with E-state index in [2.05, 4.69) is 15.6 Å². The van der Waals surface area contributed by atoms with Crippen LogP contribution in [0, 0.1) is 6.92 Å². The second-order valence-corrected chi connectivity index (χ2v) is 5.82. The van der Waals surface area contributed by atoms with E-state index in [1.54, 1.807) is 12.1 Å². The number of anilines is 2. The molecule has 6 nitrogen and oxygen atoms in total. The van der Waals surface area contributed by atoms with Crippen LogP contribution in [0.4, 0.5) is 11.4 Å². The standard InChI is InChI=1S/C20H20N4O2.HI/c1-14-7-9-16(10-8-14)24-20(21)22-13-15-4-2-5-17(12-15)23-19(25)18-6-3-11-26-18;/h2-12H,13H2,1H3,(H,23,25)(H3,21,22,24);1H. The minimum atomic E-state index is -0.295. The number of guanidine groups is 1. The summed E-state index contributed by atoms with van der Waals surface area (Å²) in [5.41, 5.74) is 9.59. The van der Waals surface area contributed by atoms with Crippen molar-refractivity contribution in [2.24, 2.45) is 10.7 Å². The number of benzene rings is 2. The van der Waals surface area contributed by atoms with Crippen molar-refractivity contribution < 1.29 is 9.21 Å². The highest BCUT2D eigenvalue weighted by molar-refractivity contribution is 14.0. The molecule has 0 aliphatic carbocycles. The first kappa shape index (κ1) is 20.5. The van der Waals surface area contributed by atoms with E-state index in [-0.39, 0.29) is 35.6 Å². The number of halogens is 1. The van der Waals surface area contributed by atoms with Crippen LogP contribution in [0.2, 0.25) is 0 Å². The Morgan fingerprint density at radius 1 is 1.04 bits per heavy atom. The monoisotopic (exact) mass is 476 g/mol. The zero-order chi connectivity index (χ0) is 18.4. The third kappa shape index (κ3) is 6.14. The van der Waals surface area contributed by atoms with Crippen molar-refractivity contribution in [3.63, 3.8) is 0 Å². The van der Waals surface area contributed by atoms with Gasteiger partial charge in [0.15, 0.2) is 11.7 Å². The highest BCUT2D eigenvalue weighted by Crippen LogP contribution is 2.14. The molecule has 0 aliphatic rings. The van der Waals surface area contributed by atoms with Crippen molar-refractivity contribution >= 4 is 47.2 Å². The molecule has 4 N–H and O–H groups in total. The minimum Gasteiger partial charge on any atom is -0.459 e. The van der Waals surface area contributed by atoms with Crippen molar-refractivity contribution in [1.82, 2.24) is 0 Å². The molecule has 0 radical (unpaired) electrons. The number of aliphatic imine (C=N–C) groups is 1. The lowest BCUT2D eigenvalue weighted by molar-refractivity contribution is 0.0996. The first-order chi connectivity index (χ1) is 12.6. The molecule has 7 heteroatoms. The van der Waals surface area contributed by atoms with Crippen LogP contribution >= 0.6 is 24.0 Å². The summed E-state index contributed by atoms with van der Waals surface area (Å²) in [4.78, 5) is 16.4. The number of nitrogens with one attached hydrogen (secondary N) is 2. The average molecular weight is 476 g/mol. The van der Waals surface area contributed by atoms with Crippen molar-refractivity contribution in [2.45, 2.75) is 13.5 Å². The molecule has 0 atom stereocenters. The molecule has 1 amide bonds. The molecule has 140 valence electrons. The van der Waals surface area contributed by atoms with Gasteiger partial charge < -0.3 is 20.8 Å². The largest absolute Gasteiger partial charge is 0.459 e. The fraction of sp³-hybridized carbons (Fsp3) is 0.100. The quantitative estimate of drug-likeness (QED) is 0.290. The maximum Gasteiger partial charge on any atom is 0.291 e. The van der Waals surface area contributed by atoms with Gasteiger partial charge in [0.2, 0.25) is 0 Å². The van der Waals surface area contributed by atoms with Crippen LogP contribution in [0.5, 0.6) is 0 Å². The molecule has 27 heavy (non-hydrogen) atoms. The molecule has 3 aromatic rings. The lowest BCUT2D eigenvalue weighted by Crippen LogP contribution is -2.22.